The molecule has 2 saturated carbocycles. The smallest absolute Gasteiger partial charge is 0.315 e. The Bertz CT molecular complexity index is 964. The lowest BCUT2D eigenvalue weighted by Gasteiger charge is -2.51. The molecule has 4 fully saturated rings. The number of benzene rings is 1. The molecule has 0 unspecified atom stereocenters. The number of nitrogens with two attached hydrogens (primary N) is 1. The molecule has 2 aliphatic carbocycles. The molecule has 5 nitrogen and oxygen atoms in total. The lowest BCUT2D eigenvalue weighted by molar-refractivity contribution is -0.658. The van der Waals surface area contributed by atoms with Crippen LogP contribution < -0.4 is 5.32 Å². The maximum absolute atomic E-state index is 12.7. The average molecular weight is 410 g/mol. The highest BCUT2D eigenvalue weighted by Crippen LogP contribution is 2.62. The van der Waals surface area contributed by atoms with Gasteiger partial charge in [0, 0.05) is 29.4 Å². The summed E-state index contributed by atoms with van der Waals surface area (Å²) in [6.45, 7) is 5.20. The van der Waals surface area contributed by atoms with Crippen LogP contribution in [-0.2, 0) is 20.7 Å². The van der Waals surface area contributed by atoms with E-state index in [2.05, 4.69) is 47.7 Å². The fourth-order valence-corrected chi connectivity index (χ4v) is 7.12. The van der Waals surface area contributed by atoms with Crippen molar-refractivity contribution in [2.45, 2.75) is 57.2 Å². The van der Waals surface area contributed by atoms with E-state index in [0.29, 0.717) is 11.8 Å². The Hall–Kier alpha value is -1.85. The molecule has 2 saturated heterocycles. The summed E-state index contributed by atoms with van der Waals surface area (Å²) in [6.07, 6.45) is 9.11. The van der Waals surface area contributed by atoms with Crippen molar-refractivity contribution in [3.05, 3.63) is 36.0 Å². The molecule has 3 heterocycles. The van der Waals surface area contributed by atoms with Crippen LogP contribution >= 0.6 is 0 Å². The molecule has 0 bridgehead atoms. The molecule has 0 radical (unpaired) electrons. The van der Waals surface area contributed by atoms with Gasteiger partial charge in [0.25, 0.3) is 0 Å². The van der Waals surface area contributed by atoms with E-state index in [-0.39, 0.29) is 29.0 Å². The number of epoxide rings is 1. The van der Waals surface area contributed by atoms with Crippen LogP contribution in [0.4, 0.5) is 0 Å². The summed E-state index contributed by atoms with van der Waals surface area (Å²) < 4.78 is 12.0. The SMILES string of the molecule is C[C@]12CCC[C@@]3(CO3)[C@H]1C[C@H]1[C@@H](C2)OC(=O)[C@@H]1C[NH2+]CCc1c[nH]c2ccccc12. The monoisotopic (exact) mass is 409 g/mol. The fraction of sp³-hybridized carbons (Fsp3) is 0.640. The quantitative estimate of drug-likeness (QED) is 0.453. The van der Waals surface area contributed by atoms with Gasteiger partial charge in [-0.15, -0.1) is 0 Å². The molecule has 3 N–H and O–H groups in total. The van der Waals surface area contributed by atoms with Crippen LogP contribution in [0.2, 0.25) is 0 Å². The largest absolute Gasteiger partial charge is 0.462 e. The molecule has 2 aromatic rings. The molecule has 5 heteroatoms. The van der Waals surface area contributed by atoms with Gasteiger partial charge in [-0.1, -0.05) is 25.1 Å². The maximum atomic E-state index is 12.7. The molecule has 6 rings (SSSR count). The van der Waals surface area contributed by atoms with Crippen LogP contribution in [-0.4, -0.2) is 42.4 Å². The Morgan fingerprint density at radius 2 is 2.13 bits per heavy atom. The zero-order valence-electron chi connectivity index (χ0n) is 17.9. The maximum Gasteiger partial charge on any atom is 0.315 e. The van der Waals surface area contributed by atoms with Gasteiger partial charge in [0.05, 0.1) is 25.3 Å². The van der Waals surface area contributed by atoms with Crippen LogP contribution in [0, 0.1) is 23.2 Å². The van der Waals surface area contributed by atoms with Crippen LogP contribution in [0.3, 0.4) is 0 Å². The minimum Gasteiger partial charge on any atom is -0.462 e. The highest BCUT2D eigenvalue weighted by Gasteiger charge is 2.65. The number of fused-ring (bicyclic) bond motifs is 4. The third kappa shape index (κ3) is 2.93. The van der Waals surface area contributed by atoms with Gasteiger partial charge in [0.1, 0.15) is 12.0 Å². The first-order valence-corrected chi connectivity index (χ1v) is 11.8. The fourth-order valence-electron chi connectivity index (χ4n) is 7.12. The van der Waals surface area contributed by atoms with Crippen molar-refractivity contribution in [3.8, 4) is 0 Å². The van der Waals surface area contributed by atoms with Gasteiger partial charge in [-0.3, -0.25) is 4.79 Å². The van der Waals surface area contributed by atoms with E-state index >= 15 is 0 Å². The lowest BCUT2D eigenvalue weighted by Crippen LogP contribution is -2.86. The van der Waals surface area contributed by atoms with Crippen molar-refractivity contribution in [1.29, 1.82) is 0 Å². The Balaban J connectivity index is 1.10. The molecule has 4 aliphatic rings. The lowest BCUT2D eigenvalue weighted by atomic mass is 9.53. The molecule has 30 heavy (non-hydrogen) atoms. The average Bonchev–Trinajstić information content (AvgIpc) is 3.27. The zero-order valence-corrected chi connectivity index (χ0v) is 17.9. The predicted molar refractivity (Wildman–Crippen MR) is 114 cm³/mol. The molecular formula is C25H33N2O3+. The van der Waals surface area contributed by atoms with E-state index in [1.807, 2.05) is 0 Å². The molecule has 6 atom stereocenters. The number of aromatic amines is 1. The summed E-state index contributed by atoms with van der Waals surface area (Å²) in [5.74, 6) is 1.06. The summed E-state index contributed by atoms with van der Waals surface area (Å²) in [4.78, 5) is 16.1. The number of carbonyl (C=O) groups excluding carboxylic acids is 1. The topological polar surface area (TPSA) is 71.2 Å². The van der Waals surface area contributed by atoms with Gasteiger partial charge in [-0.2, -0.15) is 0 Å². The van der Waals surface area contributed by atoms with Crippen molar-refractivity contribution in [2.24, 2.45) is 23.2 Å². The first kappa shape index (κ1) is 18.9. The third-order valence-corrected chi connectivity index (χ3v) is 8.79. The third-order valence-electron chi connectivity index (χ3n) is 8.79. The minimum absolute atomic E-state index is 0.0419. The molecular weight excluding hydrogens is 376 g/mol. The van der Waals surface area contributed by atoms with Crippen molar-refractivity contribution < 1.29 is 19.6 Å². The van der Waals surface area contributed by atoms with Crippen LogP contribution in [0.1, 0.15) is 44.6 Å². The number of esters is 1. The first-order valence-electron chi connectivity index (χ1n) is 11.8. The number of aromatic nitrogens is 1. The molecule has 160 valence electrons. The standard InChI is InChI=1S/C25H32N2O3/c1-24-8-4-9-25(15-29-25)22(24)11-18-19(23(28)30-21(18)12-24)14-26-10-7-16-13-27-20-6-3-2-5-17(16)20/h2-3,5-6,13,18-19,21-22,26-27H,4,7-12,14-15H2,1H3/p+1/t18-,19-,21-,22+,24-,25-/m1/s1. The second kappa shape index (κ2) is 6.83. The highest BCUT2D eigenvalue weighted by molar-refractivity contribution is 5.83. The number of para-hydroxylation sites is 1. The van der Waals surface area contributed by atoms with Crippen molar-refractivity contribution in [1.82, 2.24) is 4.98 Å². The molecule has 2 aliphatic heterocycles. The van der Waals surface area contributed by atoms with Gasteiger partial charge >= 0.3 is 5.97 Å². The Labute approximate surface area is 177 Å². The zero-order chi connectivity index (χ0) is 20.3. The van der Waals surface area contributed by atoms with Crippen molar-refractivity contribution >= 4 is 16.9 Å². The summed E-state index contributed by atoms with van der Waals surface area (Å²) in [5, 5.41) is 3.64. The Morgan fingerprint density at radius 1 is 1.27 bits per heavy atom. The van der Waals surface area contributed by atoms with E-state index in [4.69, 9.17) is 9.47 Å². The van der Waals surface area contributed by atoms with Gasteiger partial charge in [0.15, 0.2) is 0 Å². The predicted octanol–water partition coefficient (Wildman–Crippen LogP) is 2.80. The van der Waals surface area contributed by atoms with Crippen LogP contribution in [0.15, 0.2) is 30.5 Å². The van der Waals surface area contributed by atoms with E-state index < -0.39 is 0 Å². The second-order valence-corrected chi connectivity index (χ2v) is 10.5. The summed E-state index contributed by atoms with van der Waals surface area (Å²) >= 11 is 0. The van der Waals surface area contributed by atoms with Crippen molar-refractivity contribution in [3.63, 3.8) is 0 Å². The van der Waals surface area contributed by atoms with Gasteiger partial charge < -0.3 is 19.8 Å². The summed E-state index contributed by atoms with van der Waals surface area (Å²) in [6, 6.07) is 8.46. The minimum atomic E-state index is 0.0419. The second-order valence-electron chi connectivity index (χ2n) is 10.5. The number of ether oxygens (including phenoxy) is 2. The number of H-pyrrole nitrogens is 1. The molecule has 1 aromatic heterocycles. The molecule has 1 spiro atoms. The van der Waals surface area contributed by atoms with E-state index in [9.17, 15) is 4.79 Å². The van der Waals surface area contributed by atoms with Crippen LogP contribution in [0.25, 0.3) is 10.9 Å². The van der Waals surface area contributed by atoms with Gasteiger partial charge in [0.2, 0.25) is 0 Å². The van der Waals surface area contributed by atoms with Crippen molar-refractivity contribution in [2.75, 3.05) is 19.7 Å². The van der Waals surface area contributed by atoms with Gasteiger partial charge in [-0.05, 0) is 55.1 Å². The normalized spacial score (nSPS) is 39.7. The number of carbonyl (C=O) groups is 1. The Morgan fingerprint density at radius 3 is 3.00 bits per heavy atom. The highest BCUT2D eigenvalue weighted by atomic mass is 16.6. The number of quaternary nitrogens is 1. The number of hydrogen-bond donors (Lipinski definition) is 2. The number of rotatable bonds is 5. The van der Waals surface area contributed by atoms with E-state index in [1.165, 1.54) is 35.7 Å². The van der Waals surface area contributed by atoms with E-state index in [1.54, 1.807) is 0 Å². The number of hydrogen-bond acceptors (Lipinski definition) is 3. The molecule has 1 aromatic carbocycles. The Kier molecular flexibility index (Phi) is 4.30. The summed E-state index contributed by atoms with van der Waals surface area (Å²) in [7, 11) is 0. The summed E-state index contributed by atoms with van der Waals surface area (Å²) in [5.41, 5.74) is 2.97. The van der Waals surface area contributed by atoms with Gasteiger partial charge in [-0.25, -0.2) is 0 Å². The first-order chi connectivity index (χ1) is 14.6. The van der Waals surface area contributed by atoms with E-state index in [0.717, 1.165) is 39.0 Å². The van der Waals surface area contributed by atoms with Crippen LogP contribution in [0.5, 0.6) is 0 Å². The molecule has 0 amide bonds. The number of nitrogens with one attached hydrogen (secondary N) is 1.